The second-order valence-corrected chi connectivity index (χ2v) is 5.94. The van der Waals surface area contributed by atoms with Crippen LogP contribution in [0.25, 0.3) is 0 Å². The molecular formula is C16H27N. The first-order valence-electron chi connectivity index (χ1n) is 6.71. The molecule has 1 heteroatoms. The Labute approximate surface area is 107 Å². The monoisotopic (exact) mass is 233 g/mol. The summed E-state index contributed by atoms with van der Waals surface area (Å²) in [5, 5.41) is 3.41. The lowest BCUT2D eigenvalue weighted by Crippen LogP contribution is -2.24. The van der Waals surface area contributed by atoms with E-state index in [1.165, 1.54) is 29.5 Å². The molecule has 0 amide bonds. The maximum absolute atomic E-state index is 3.41. The van der Waals surface area contributed by atoms with Gasteiger partial charge in [-0.25, -0.2) is 0 Å². The third-order valence-electron chi connectivity index (χ3n) is 3.19. The van der Waals surface area contributed by atoms with Gasteiger partial charge in [0.15, 0.2) is 0 Å². The molecule has 0 spiro atoms. The predicted octanol–water partition coefficient (Wildman–Crippen LogP) is 3.87. The second kappa shape index (κ2) is 6.20. The first-order chi connectivity index (χ1) is 7.93. The molecule has 0 bridgehead atoms. The highest BCUT2D eigenvalue weighted by Gasteiger charge is 2.18. The molecule has 1 rings (SSSR count). The van der Waals surface area contributed by atoms with Crippen LogP contribution in [0, 0.1) is 19.3 Å². The van der Waals surface area contributed by atoms with E-state index in [1.54, 1.807) is 0 Å². The van der Waals surface area contributed by atoms with E-state index < -0.39 is 0 Å². The fourth-order valence-corrected chi connectivity index (χ4v) is 2.42. The summed E-state index contributed by atoms with van der Waals surface area (Å²) in [4.78, 5) is 0. The standard InChI is InChI=1S/C16H27N/c1-6-17-8-7-16(4,5)12-15-10-13(2)9-14(3)11-15/h9-11,17H,6-8,12H2,1-5H3. The molecule has 0 atom stereocenters. The van der Waals surface area contributed by atoms with Crippen molar-refractivity contribution >= 4 is 0 Å². The van der Waals surface area contributed by atoms with Crippen molar-refractivity contribution in [3.8, 4) is 0 Å². The van der Waals surface area contributed by atoms with E-state index in [-0.39, 0.29) is 0 Å². The van der Waals surface area contributed by atoms with Gasteiger partial charge < -0.3 is 5.32 Å². The fraction of sp³-hybridized carbons (Fsp3) is 0.625. The second-order valence-electron chi connectivity index (χ2n) is 5.94. The number of benzene rings is 1. The SMILES string of the molecule is CCNCCC(C)(C)Cc1cc(C)cc(C)c1. The molecular weight excluding hydrogens is 206 g/mol. The van der Waals surface area contributed by atoms with Crippen LogP contribution in [0.15, 0.2) is 18.2 Å². The molecule has 0 saturated heterocycles. The van der Waals surface area contributed by atoms with Gasteiger partial charge in [-0.2, -0.15) is 0 Å². The van der Waals surface area contributed by atoms with Crippen LogP contribution >= 0.6 is 0 Å². The average Bonchev–Trinajstić information content (AvgIpc) is 2.14. The smallest absolute Gasteiger partial charge is 0.00438 e. The molecule has 1 N–H and O–H groups in total. The van der Waals surface area contributed by atoms with Gasteiger partial charge in [-0.1, -0.05) is 50.1 Å². The molecule has 0 aliphatic rings. The molecule has 0 radical (unpaired) electrons. The Morgan fingerprint density at radius 2 is 1.65 bits per heavy atom. The zero-order chi connectivity index (χ0) is 12.9. The highest BCUT2D eigenvalue weighted by Crippen LogP contribution is 2.26. The Bertz CT molecular complexity index is 332. The summed E-state index contributed by atoms with van der Waals surface area (Å²) in [6, 6.07) is 6.89. The van der Waals surface area contributed by atoms with Crippen molar-refractivity contribution in [3.05, 3.63) is 34.9 Å². The third-order valence-corrected chi connectivity index (χ3v) is 3.19. The average molecular weight is 233 g/mol. The lowest BCUT2D eigenvalue weighted by atomic mass is 9.82. The van der Waals surface area contributed by atoms with Crippen molar-refractivity contribution in [1.82, 2.24) is 5.32 Å². The van der Waals surface area contributed by atoms with E-state index in [2.05, 4.69) is 58.1 Å². The molecule has 1 aromatic rings. The molecule has 1 aromatic carbocycles. The maximum Gasteiger partial charge on any atom is -0.00438 e. The topological polar surface area (TPSA) is 12.0 Å². The molecule has 0 unspecified atom stereocenters. The normalized spacial score (nSPS) is 11.8. The first kappa shape index (κ1) is 14.2. The van der Waals surface area contributed by atoms with Gasteiger partial charge in [0.25, 0.3) is 0 Å². The minimum Gasteiger partial charge on any atom is -0.317 e. The minimum atomic E-state index is 0.377. The van der Waals surface area contributed by atoms with E-state index in [9.17, 15) is 0 Å². The Balaban J connectivity index is 2.62. The maximum atomic E-state index is 3.41. The molecule has 0 aromatic heterocycles. The number of hydrogen-bond acceptors (Lipinski definition) is 1. The molecule has 0 aliphatic heterocycles. The summed E-state index contributed by atoms with van der Waals surface area (Å²) in [7, 11) is 0. The van der Waals surface area contributed by atoms with Crippen molar-refractivity contribution in [3.63, 3.8) is 0 Å². The fourth-order valence-electron chi connectivity index (χ4n) is 2.42. The number of nitrogens with one attached hydrogen (secondary N) is 1. The van der Waals surface area contributed by atoms with Gasteiger partial charge in [0, 0.05) is 0 Å². The van der Waals surface area contributed by atoms with Crippen molar-refractivity contribution in [1.29, 1.82) is 0 Å². The van der Waals surface area contributed by atoms with E-state index >= 15 is 0 Å². The van der Waals surface area contributed by atoms with Gasteiger partial charge >= 0.3 is 0 Å². The first-order valence-corrected chi connectivity index (χ1v) is 6.71. The lowest BCUT2D eigenvalue weighted by Gasteiger charge is -2.25. The van der Waals surface area contributed by atoms with Crippen LogP contribution in [0.4, 0.5) is 0 Å². The zero-order valence-electron chi connectivity index (χ0n) is 12.1. The van der Waals surface area contributed by atoms with Gasteiger partial charge in [-0.3, -0.25) is 0 Å². The summed E-state index contributed by atoms with van der Waals surface area (Å²) in [5.74, 6) is 0. The number of rotatable bonds is 6. The Kier molecular flexibility index (Phi) is 5.20. The van der Waals surface area contributed by atoms with Gasteiger partial charge in [0.1, 0.15) is 0 Å². The van der Waals surface area contributed by atoms with Crippen LogP contribution < -0.4 is 5.32 Å². The zero-order valence-corrected chi connectivity index (χ0v) is 12.1. The van der Waals surface area contributed by atoms with Crippen LogP contribution in [-0.2, 0) is 6.42 Å². The lowest BCUT2D eigenvalue weighted by molar-refractivity contribution is 0.327. The third kappa shape index (κ3) is 5.36. The van der Waals surface area contributed by atoms with Crippen LogP contribution in [0.2, 0.25) is 0 Å². The number of hydrogen-bond donors (Lipinski definition) is 1. The van der Waals surface area contributed by atoms with Crippen LogP contribution in [0.1, 0.15) is 43.9 Å². The van der Waals surface area contributed by atoms with Crippen molar-refractivity contribution in [2.45, 2.75) is 47.5 Å². The van der Waals surface area contributed by atoms with Gasteiger partial charge in [0.2, 0.25) is 0 Å². The summed E-state index contributed by atoms with van der Waals surface area (Å²) in [5.41, 5.74) is 4.61. The molecule has 17 heavy (non-hydrogen) atoms. The van der Waals surface area contributed by atoms with Gasteiger partial charge in [-0.15, -0.1) is 0 Å². The summed E-state index contributed by atoms with van der Waals surface area (Å²) in [6.45, 7) is 13.4. The van der Waals surface area contributed by atoms with Gasteiger partial charge in [0.05, 0.1) is 0 Å². The van der Waals surface area contributed by atoms with Crippen molar-refractivity contribution in [2.24, 2.45) is 5.41 Å². The molecule has 0 saturated carbocycles. The van der Waals surface area contributed by atoms with Crippen molar-refractivity contribution < 1.29 is 0 Å². The minimum absolute atomic E-state index is 0.377. The van der Waals surface area contributed by atoms with Crippen LogP contribution in [-0.4, -0.2) is 13.1 Å². The van der Waals surface area contributed by atoms with Crippen LogP contribution in [0.5, 0.6) is 0 Å². The molecule has 0 heterocycles. The molecule has 0 fully saturated rings. The van der Waals surface area contributed by atoms with Gasteiger partial charge in [-0.05, 0) is 50.8 Å². The van der Waals surface area contributed by atoms with E-state index in [0.29, 0.717) is 5.41 Å². The van der Waals surface area contributed by atoms with E-state index in [4.69, 9.17) is 0 Å². The molecule has 0 aliphatic carbocycles. The number of aryl methyl sites for hydroxylation is 2. The Morgan fingerprint density at radius 3 is 2.18 bits per heavy atom. The van der Waals surface area contributed by atoms with Crippen LogP contribution in [0.3, 0.4) is 0 Å². The summed E-state index contributed by atoms with van der Waals surface area (Å²) in [6.07, 6.45) is 2.40. The van der Waals surface area contributed by atoms with E-state index in [0.717, 1.165) is 13.1 Å². The predicted molar refractivity (Wildman–Crippen MR) is 76.6 cm³/mol. The Morgan fingerprint density at radius 1 is 1.06 bits per heavy atom. The summed E-state index contributed by atoms with van der Waals surface area (Å²) >= 11 is 0. The highest BCUT2D eigenvalue weighted by molar-refractivity contribution is 5.29. The van der Waals surface area contributed by atoms with Crippen molar-refractivity contribution in [2.75, 3.05) is 13.1 Å². The summed E-state index contributed by atoms with van der Waals surface area (Å²) < 4.78 is 0. The van der Waals surface area contributed by atoms with E-state index in [1.807, 2.05) is 0 Å². The molecule has 1 nitrogen and oxygen atoms in total. The Hall–Kier alpha value is -0.820. The largest absolute Gasteiger partial charge is 0.317 e. The quantitative estimate of drug-likeness (QED) is 0.735. The molecule has 96 valence electrons. The highest BCUT2D eigenvalue weighted by atomic mass is 14.8.